The first-order valence-electron chi connectivity index (χ1n) is 5.27. The van der Waals surface area contributed by atoms with Gasteiger partial charge in [-0.05, 0) is 12.8 Å². The van der Waals surface area contributed by atoms with E-state index < -0.39 is 5.97 Å². The Labute approximate surface area is 90.0 Å². The van der Waals surface area contributed by atoms with Gasteiger partial charge in [0.1, 0.15) is 6.61 Å². The lowest BCUT2D eigenvalue weighted by Crippen LogP contribution is -2.39. The summed E-state index contributed by atoms with van der Waals surface area (Å²) in [5, 5.41) is 8.46. The van der Waals surface area contributed by atoms with E-state index >= 15 is 0 Å². The molecule has 1 rings (SSSR count). The zero-order valence-corrected chi connectivity index (χ0v) is 9.15. The summed E-state index contributed by atoms with van der Waals surface area (Å²) in [5.74, 6) is -0.892. The van der Waals surface area contributed by atoms with Crippen LogP contribution in [0.4, 0.5) is 0 Å². The van der Waals surface area contributed by atoms with Gasteiger partial charge in [0, 0.05) is 26.7 Å². The Kier molecular flexibility index (Phi) is 5.60. The van der Waals surface area contributed by atoms with Crippen molar-refractivity contribution < 1.29 is 19.4 Å². The average molecular weight is 217 g/mol. The Morgan fingerprint density at radius 1 is 1.47 bits per heavy atom. The molecule has 0 amide bonds. The molecule has 15 heavy (non-hydrogen) atoms. The van der Waals surface area contributed by atoms with Crippen molar-refractivity contribution in [1.29, 1.82) is 0 Å². The Hall–Kier alpha value is -0.650. The van der Waals surface area contributed by atoms with Crippen LogP contribution in [0, 0.1) is 0 Å². The molecule has 0 bridgehead atoms. The third-order valence-corrected chi connectivity index (χ3v) is 2.59. The van der Waals surface area contributed by atoms with Crippen LogP contribution >= 0.6 is 0 Å². The lowest BCUT2D eigenvalue weighted by atomic mass is 10.1. The number of likely N-dealkylation sites (tertiary alicyclic amines) is 1. The van der Waals surface area contributed by atoms with Gasteiger partial charge in [-0.1, -0.05) is 0 Å². The second-order valence-corrected chi connectivity index (χ2v) is 3.74. The molecule has 5 nitrogen and oxygen atoms in total. The van der Waals surface area contributed by atoms with Gasteiger partial charge < -0.3 is 19.5 Å². The number of carbonyl (C=O) groups is 1. The van der Waals surface area contributed by atoms with E-state index in [4.69, 9.17) is 14.6 Å². The van der Waals surface area contributed by atoms with E-state index in [2.05, 4.69) is 4.90 Å². The van der Waals surface area contributed by atoms with Gasteiger partial charge in [-0.3, -0.25) is 0 Å². The van der Waals surface area contributed by atoms with Gasteiger partial charge in [0.2, 0.25) is 0 Å². The molecule has 0 aromatic carbocycles. The topological polar surface area (TPSA) is 59.0 Å². The fraction of sp³-hybridized carbons (Fsp3) is 0.900. The van der Waals surface area contributed by atoms with E-state index in [1.807, 2.05) is 0 Å². The minimum Gasteiger partial charge on any atom is -0.480 e. The number of ether oxygens (including phenoxy) is 2. The van der Waals surface area contributed by atoms with E-state index in [0.29, 0.717) is 0 Å². The van der Waals surface area contributed by atoms with Gasteiger partial charge in [0.05, 0.1) is 12.7 Å². The number of aliphatic carboxylic acids is 1. The fourth-order valence-electron chi connectivity index (χ4n) is 1.71. The third-order valence-electron chi connectivity index (χ3n) is 2.59. The quantitative estimate of drug-likeness (QED) is 0.688. The summed E-state index contributed by atoms with van der Waals surface area (Å²) in [6.07, 6.45) is 1.94. The van der Waals surface area contributed by atoms with E-state index in [1.165, 1.54) is 0 Å². The number of methoxy groups -OCH3 is 1. The largest absolute Gasteiger partial charge is 0.480 e. The fourth-order valence-corrected chi connectivity index (χ4v) is 1.71. The maximum Gasteiger partial charge on any atom is 0.329 e. The van der Waals surface area contributed by atoms with Crippen LogP contribution in [0.2, 0.25) is 0 Å². The summed E-state index contributed by atoms with van der Waals surface area (Å²) in [4.78, 5) is 12.6. The maximum atomic E-state index is 10.3. The minimum atomic E-state index is -0.892. The van der Waals surface area contributed by atoms with E-state index in [9.17, 15) is 4.79 Å². The van der Waals surface area contributed by atoms with Crippen molar-refractivity contribution in [3.8, 4) is 0 Å². The highest BCUT2D eigenvalue weighted by molar-refractivity contribution is 5.68. The Bertz CT molecular complexity index is 190. The summed E-state index contributed by atoms with van der Waals surface area (Å²) in [6, 6.07) is 0. The van der Waals surface area contributed by atoms with Crippen LogP contribution in [0.1, 0.15) is 12.8 Å². The van der Waals surface area contributed by atoms with Crippen molar-refractivity contribution >= 4 is 5.97 Å². The van der Waals surface area contributed by atoms with Crippen molar-refractivity contribution in [2.75, 3.05) is 40.0 Å². The Balaban J connectivity index is 2.09. The first-order chi connectivity index (χ1) is 7.22. The molecule has 1 fully saturated rings. The number of carboxylic acid groups (broad SMARTS) is 1. The second kappa shape index (κ2) is 6.76. The van der Waals surface area contributed by atoms with Gasteiger partial charge in [0.15, 0.2) is 0 Å². The van der Waals surface area contributed by atoms with Crippen LogP contribution in [-0.2, 0) is 14.3 Å². The van der Waals surface area contributed by atoms with Crippen molar-refractivity contribution in [2.45, 2.75) is 18.9 Å². The predicted octanol–water partition coefficient (Wildman–Crippen LogP) is 0.198. The lowest BCUT2D eigenvalue weighted by molar-refractivity contribution is -0.145. The standard InChI is InChI=1S/C10H19NO4/c1-14-7-6-11-4-2-9(3-5-11)15-8-10(12)13/h9H,2-8H2,1H3,(H,12,13). The summed E-state index contributed by atoms with van der Waals surface area (Å²) >= 11 is 0. The molecule has 1 aliphatic rings. The van der Waals surface area contributed by atoms with Crippen molar-refractivity contribution in [3.63, 3.8) is 0 Å². The number of hydrogen-bond donors (Lipinski definition) is 1. The van der Waals surface area contributed by atoms with Crippen LogP contribution < -0.4 is 0 Å². The molecule has 0 aromatic heterocycles. The first-order valence-corrected chi connectivity index (χ1v) is 5.27. The SMILES string of the molecule is COCCN1CCC(OCC(=O)O)CC1. The molecule has 88 valence electrons. The predicted molar refractivity (Wildman–Crippen MR) is 54.9 cm³/mol. The minimum absolute atomic E-state index is 0.111. The number of piperidine rings is 1. The average Bonchev–Trinajstić information content (AvgIpc) is 2.25. The summed E-state index contributed by atoms with van der Waals surface area (Å²) in [7, 11) is 1.70. The van der Waals surface area contributed by atoms with Gasteiger partial charge in [-0.2, -0.15) is 0 Å². The highest BCUT2D eigenvalue weighted by atomic mass is 16.5. The normalized spacial score (nSPS) is 19.3. The van der Waals surface area contributed by atoms with E-state index in [0.717, 1.165) is 39.1 Å². The molecular weight excluding hydrogens is 198 g/mol. The number of nitrogens with zero attached hydrogens (tertiary/aromatic N) is 1. The zero-order valence-electron chi connectivity index (χ0n) is 9.15. The number of hydrogen-bond acceptors (Lipinski definition) is 4. The van der Waals surface area contributed by atoms with Crippen LogP contribution in [0.3, 0.4) is 0 Å². The molecule has 0 spiro atoms. The van der Waals surface area contributed by atoms with E-state index in [1.54, 1.807) is 7.11 Å². The molecule has 1 N–H and O–H groups in total. The molecule has 0 aliphatic carbocycles. The van der Waals surface area contributed by atoms with Gasteiger partial charge >= 0.3 is 5.97 Å². The van der Waals surface area contributed by atoms with Crippen LogP contribution in [0.15, 0.2) is 0 Å². The molecular formula is C10H19NO4. The lowest BCUT2D eigenvalue weighted by Gasteiger charge is -2.31. The number of carboxylic acids is 1. The second-order valence-electron chi connectivity index (χ2n) is 3.74. The molecule has 0 aromatic rings. The smallest absolute Gasteiger partial charge is 0.329 e. The van der Waals surface area contributed by atoms with Crippen molar-refractivity contribution in [1.82, 2.24) is 4.90 Å². The van der Waals surface area contributed by atoms with Gasteiger partial charge in [0.25, 0.3) is 0 Å². The van der Waals surface area contributed by atoms with Crippen LogP contribution in [0.5, 0.6) is 0 Å². The molecule has 1 aliphatic heterocycles. The summed E-state index contributed by atoms with van der Waals surface area (Å²) in [6.45, 7) is 3.45. The molecule has 1 heterocycles. The summed E-state index contributed by atoms with van der Waals surface area (Å²) in [5.41, 5.74) is 0. The van der Waals surface area contributed by atoms with Crippen LogP contribution in [-0.4, -0.2) is 62.0 Å². The molecule has 0 unspecified atom stereocenters. The van der Waals surface area contributed by atoms with E-state index in [-0.39, 0.29) is 12.7 Å². The zero-order chi connectivity index (χ0) is 11.1. The van der Waals surface area contributed by atoms with Crippen molar-refractivity contribution in [3.05, 3.63) is 0 Å². The Morgan fingerprint density at radius 2 is 2.13 bits per heavy atom. The van der Waals surface area contributed by atoms with Crippen LogP contribution in [0.25, 0.3) is 0 Å². The Morgan fingerprint density at radius 3 is 2.67 bits per heavy atom. The van der Waals surface area contributed by atoms with Gasteiger partial charge in [-0.15, -0.1) is 0 Å². The molecule has 5 heteroatoms. The molecule has 1 saturated heterocycles. The molecule has 0 atom stereocenters. The monoisotopic (exact) mass is 217 g/mol. The summed E-state index contributed by atoms with van der Waals surface area (Å²) < 4.78 is 10.2. The first kappa shape index (κ1) is 12.4. The molecule has 0 radical (unpaired) electrons. The third kappa shape index (κ3) is 5.11. The maximum absolute atomic E-state index is 10.3. The van der Waals surface area contributed by atoms with Crippen molar-refractivity contribution in [2.24, 2.45) is 0 Å². The molecule has 0 saturated carbocycles. The highest BCUT2D eigenvalue weighted by Crippen LogP contribution is 2.13. The van der Waals surface area contributed by atoms with Gasteiger partial charge in [-0.25, -0.2) is 4.79 Å². The number of rotatable bonds is 6. The highest BCUT2D eigenvalue weighted by Gasteiger charge is 2.19.